The minimum absolute atomic E-state index is 0.121. The number of rotatable bonds is 6. The van der Waals surface area contributed by atoms with Gasteiger partial charge in [-0.25, -0.2) is 4.83 Å². The summed E-state index contributed by atoms with van der Waals surface area (Å²) in [6.07, 6.45) is 1.30. The van der Waals surface area contributed by atoms with Gasteiger partial charge in [0.05, 0.1) is 30.4 Å². The number of sulfonamides is 1. The van der Waals surface area contributed by atoms with Crippen LogP contribution in [0.2, 0.25) is 5.02 Å². The van der Waals surface area contributed by atoms with Gasteiger partial charge >= 0.3 is 0 Å². The standard InChI is InChI=1S/C15H15ClN2O4S/c1-21-14-8-11(13(16)9-15(14)22-2)10-17-18-23(19,20)12-6-4-3-5-7-12/h3-10,18H,1-2H3. The van der Waals surface area contributed by atoms with E-state index in [1.165, 1.54) is 32.6 Å². The molecule has 1 N–H and O–H groups in total. The number of hydrazone groups is 1. The van der Waals surface area contributed by atoms with Gasteiger partial charge in [0.1, 0.15) is 0 Å². The summed E-state index contributed by atoms with van der Waals surface area (Å²) in [5.41, 5.74) is 0.486. The minimum Gasteiger partial charge on any atom is -0.493 e. The van der Waals surface area contributed by atoms with Crippen molar-refractivity contribution in [2.75, 3.05) is 14.2 Å². The first-order chi connectivity index (χ1) is 11.0. The molecule has 8 heteroatoms. The van der Waals surface area contributed by atoms with E-state index in [9.17, 15) is 8.42 Å². The summed E-state index contributed by atoms with van der Waals surface area (Å²) >= 11 is 6.10. The van der Waals surface area contributed by atoms with Crippen molar-refractivity contribution in [1.82, 2.24) is 4.83 Å². The lowest BCUT2D eigenvalue weighted by Gasteiger charge is -2.09. The minimum atomic E-state index is -3.72. The first-order valence-electron chi connectivity index (χ1n) is 6.49. The molecule has 23 heavy (non-hydrogen) atoms. The smallest absolute Gasteiger partial charge is 0.276 e. The van der Waals surface area contributed by atoms with Crippen LogP contribution in [0.1, 0.15) is 5.56 Å². The van der Waals surface area contributed by atoms with Crippen molar-refractivity contribution in [2.24, 2.45) is 5.10 Å². The molecule has 0 atom stereocenters. The third kappa shape index (κ3) is 4.14. The Hall–Kier alpha value is -2.25. The Labute approximate surface area is 139 Å². The highest BCUT2D eigenvalue weighted by Crippen LogP contribution is 2.32. The second-order valence-corrected chi connectivity index (χ2v) is 6.46. The van der Waals surface area contributed by atoms with Crippen molar-refractivity contribution >= 4 is 27.8 Å². The molecule has 0 unspecified atom stereocenters. The predicted octanol–water partition coefficient (Wildman–Crippen LogP) is 2.67. The molecule has 0 radical (unpaired) electrons. The van der Waals surface area contributed by atoms with Gasteiger partial charge in [-0.3, -0.25) is 0 Å². The Bertz CT molecular complexity index is 808. The first kappa shape index (κ1) is 17.1. The van der Waals surface area contributed by atoms with E-state index in [2.05, 4.69) is 9.93 Å². The van der Waals surface area contributed by atoms with E-state index in [1.807, 2.05) is 0 Å². The topological polar surface area (TPSA) is 77.0 Å². The summed E-state index contributed by atoms with van der Waals surface area (Å²) in [4.78, 5) is 2.25. The maximum absolute atomic E-state index is 12.0. The Morgan fingerprint density at radius 1 is 1.09 bits per heavy atom. The molecule has 0 spiro atoms. The number of hydrogen-bond acceptors (Lipinski definition) is 5. The summed E-state index contributed by atoms with van der Waals surface area (Å²) < 4.78 is 34.3. The SMILES string of the molecule is COc1cc(Cl)c(C=NNS(=O)(=O)c2ccccc2)cc1OC. The fourth-order valence-electron chi connectivity index (χ4n) is 1.79. The number of nitrogens with zero attached hydrogens (tertiary/aromatic N) is 1. The lowest BCUT2D eigenvalue weighted by Crippen LogP contribution is -2.18. The van der Waals surface area contributed by atoms with Gasteiger partial charge in [0, 0.05) is 11.6 Å². The maximum Gasteiger partial charge on any atom is 0.276 e. The zero-order valence-corrected chi connectivity index (χ0v) is 14.1. The summed E-state index contributed by atoms with van der Waals surface area (Å²) in [7, 11) is -0.732. The van der Waals surface area contributed by atoms with Gasteiger partial charge < -0.3 is 9.47 Å². The highest BCUT2D eigenvalue weighted by atomic mass is 35.5. The van der Waals surface area contributed by atoms with Crippen LogP contribution in [-0.2, 0) is 10.0 Å². The van der Waals surface area contributed by atoms with E-state index in [4.69, 9.17) is 21.1 Å². The van der Waals surface area contributed by atoms with E-state index in [-0.39, 0.29) is 4.90 Å². The summed E-state index contributed by atoms with van der Waals surface area (Å²) in [6.45, 7) is 0. The zero-order valence-electron chi connectivity index (χ0n) is 12.5. The number of benzene rings is 2. The van der Waals surface area contributed by atoms with Crippen LogP contribution in [0.15, 0.2) is 52.5 Å². The van der Waals surface area contributed by atoms with Gasteiger partial charge in [-0.05, 0) is 18.2 Å². The van der Waals surface area contributed by atoms with Gasteiger partial charge in [0.15, 0.2) is 11.5 Å². The molecular formula is C15H15ClN2O4S. The van der Waals surface area contributed by atoms with Crippen molar-refractivity contribution in [2.45, 2.75) is 4.90 Å². The van der Waals surface area contributed by atoms with Crippen molar-refractivity contribution in [3.63, 3.8) is 0 Å². The molecule has 2 rings (SSSR count). The number of nitrogens with one attached hydrogen (secondary N) is 1. The average molecular weight is 355 g/mol. The Morgan fingerprint density at radius 3 is 2.30 bits per heavy atom. The third-order valence-electron chi connectivity index (χ3n) is 2.93. The average Bonchev–Trinajstić information content (AvgIpc) is 2.56. The van der Waals surface area contributed by atoms with E-state index in [0.717, 1.165) is 0 Å². The highest BCUT2D eigenvalue weighted by Gasteiger charge is 2.12. The molecule has 2 aromatic rings. The van der Waals surface area contributed by atoms with Crippen LogP contribution in [0.3, 0.4) is 0 Å². The van der Waals surface area contributed by atoms with Crippen LogP contribution in [0.25, 0.3) is 0 Å². The third-order valence-corrected chi connectivity index (χ3v) is 4.50. The summed E-state index contributed by atoms with van der Waals surface area (Å²) in [5, 5.41) is 4.09. The molecule has 0 aliphatic carbocycles. The van der Waals surface area contributed by atoms with Gasteiger partial charge in [0.2, 0.25) is 0 Å². The Morgan fingerprint density at radius 2 is 1.70 bits per heavy atom. The van der Waals surface area contributed by atoms with E-state index >= 15 is 0 Å². The molecule has 0 amide bonds. The van der Waals surface area contributed by atoms with Crippen molar-refractivity contribution in [3.8, 4) is 11.5 Å². The van der Waals surface area contributed by atoms with Crippen molar-refractivity contribution in [1.29, 1.82) is 0 Å². The molecule has 122 valence electrons. The Kier molecular flexibility index (Phi) is 5.46. The number of methoxy groups -OCH3 is 2. The lowest BCUT2D eigenvalue weighted by atomic mass is 10.2. The lowest BCUT2D eigenvalue weighted by molar-refractivity contribution is 0.355. The van der Waals surface area contributed by atoms with E-state index in [0.29, 0.717) is 22.1 Å². The van der Waals surface area contributed by atoms with Gasteiger partial charge in [0.25, 0.3) is 10.0 Å². The monoisotopic (exact) mass is 354 g/mol. The fourth-order valence-corrected chi connectivity index (χ4v) is 2.80. The fraction of sp³-hybridized carbons (Fsp3) is 0.133. The zero-order chi connectivity index (χ0) is 16.9. The second kappa shape index (κ2) is 7.34. The quantitative estimate of drug-likeness (QED) is 0.639. The first-order valence-corrected chi connectivity index (χ1v) is 8.35. The largest absolute Gasteiger partial charge is 0.493 e. The van der Waals surface area contributed by atoms with E-state index in [1.54, 1.807) is 30.3 Å². The van der Waals surface area contributed by atoms with Crippen LogP contribution in [0.4, 0.5) is 0 Å². The molecule has 6 nitrogen and oxygen atoms in total. The number of hydrogen-bond donors (Lipinski definition) is 1. The maximum atomic E-state index is 12.0. The molecule has 0 aliphatic rings. The molecule has 0 heterocycles. The van der Waals surface area contributed by atoms with Crippen LogP contribution < -0.4 is 14.3 Å². The van der Waals surface area contributed by atoms with Crippen LogP contribution in [0.5, 0.6) is 11.5 Å². The second-order valence-electron chi connectivity index (χ2n) is 4.39. The van der Waals surface area contributed by atoms with Crippen molar-refractivity contribution < 1.29 is 17.9 Å². The molecular weight excluding hydrogens is 340 g/mol. The molecule has 2 aromatic carbocycles. The molecule has 0 aromatic heterocycles. The molecule has 0 saturated carbocycles. The van der Waals surface area contributed by atoms with Gasteiger partial charge in [-0.2, -0.15) is 13.5 Å². The number of ether oxygens (including phenoxy) is 2. The van der Waals surface area contributed by atoms with Gasteiger partial charge in [-0.1, -0.05) is 29.8 Å². The van der Waals surface area contributed by atoms with Crippen LogP contribution in [-0.4, -0.2) is 28.9 Å². The number of halogens is 1. The normalized spacial score (nSPS) is 11.4. The van der Waals surface area contributed by atoms with E-state index < -0.39 is 10.0 Å². The van der Waals surface area contributed by atoms with Crippen LogP contribution >= 0.6 is 11.6 Å². The highest BCUT2D eigenvalue weighted by molar-refractivity contribution is 7.89. The van der Waals surface area contributed by atoms with Gasteiger partial charge in [-0.15, -0.1) is 0 Å². The van der Waals surface area contributed by atoms with Crippen LogP contribution in [0, 0.1) is 0 Å². The molecule has 0 bridgehead atoms. The molecule has 0 fully saturated rings. The summed E-state index contributed by atoms with van der Waals surface area (Å²) in [6, 6.07) is 11.1. The van der Waals surface area contributed by atoms with Crippen molar-refractivity contribution in [3.05, 3.63) is 53.1 Å². The predicted molar refractivity (Wildman–Crippen MR) is 88.9 cm³/mol. The molecule has 0 saturated heterocycles. The summed E-state index contributed by atoms with van der Waals surface area (Å²) in [5.74, 6) is 0.934. The molecule has 0 aliphatic heterocycles. The Balaban J connectivity index is 2.21.